The lowest BCUT2D eigenvalue weighted by molar-refractivity contribution is -0.146. The van der Waals surface area contributed by atoms with Gasteiger partial charge in [0.1, 0.15) is 0 Å². The molecule has 0 aliphatic carbocycles. The van der Waals surface area contributed by atoms with E-state index in [0.29, 0.717) is 11.4 Å². The topological polar surface area (TPSA) is 123 Å². The van der Waals surface area contributed by atoms with Crippen molar-refractivity contribution in [3.63, 3.8) is 0 Å². The number of aliphatic hydroxyl groups excluding tert-OH is 2. The van der Waals surface area contributed by atoms with Crippen molar-refractivity contribution >= 4 is 11.8 Å². The zero-order valence-electron chi connectivity index (χ0n) is 10.3. The Morgan fingerprint density at radius 3 is 1.33 bits per heavy atom. The highest BCUT2D eigenvalue weighted by Gasteiger charge is 2.30. The summed E-state index contributed by atoms with van der Waals surface area (Å²) in [5, 5.41) is 18.8. The molecule has 0 aromatic heterocycles. The van der Waals surface area contributed by atoms with Gasteiger partial charge in [-0.25, -0.2) is 0 Å². The first-order valence-corrected chi connectivity index (χ1v) is 5.04. The number of aliphatic hydroxyl groups is 2. The van der Waals surface area contributed by atoms with Gasteiger partial charge in [-0.1, -0.05) is 13.2 Å². The molecule has 2 atom stereocenters. The Bertz CT molecular complexity index is 322. The Kier molecular flexibility index (Phi) is 6.47. The Balaban J connectivity index is 4.26. The van der Waals surface area contributed by atoms with Gasteiger partial charge in [-0.3, -0.25) is 20.4 Å². The van der Waals surface area contributed by atoms with Crippen LogP contribution in [0.1, 0.15) is 13.8 Å². The second-order valence-corrected chi connectivity index (χ2v) is 3.68. The minimum atomic E-state index is -1.91. The largest absolute Gasteiger partial charge is 0.380 e. The van der Waals surface area contributed by atoms with Crippen molar-refractivity contribution in [2.75, 3.05) is 0 Å². The van der Waals surface area contributed by atoms with Crippen molar-refractivity contribution in [1.29, 1.82) is 0 Å². The monoisotopic (exact) mass is 258 g/mol. The first kappa shape index (κ1) is 15.9. The molecular weight excluding hydrogens is 240 g/mol. The van der Waals surface area contributed by atoms with E-state index >= 15 is 0 Å². The SMILES string of the molecule is C=C(C)NNC(=O)[C@H](O)[C@@H](O)C(=O)NNC(=C)C. The molecule has 0 bridgehead atoms. The molecule has 0 aromatic rings. The maximum Gasteiger partial charge on any atom is 0.270 e. The average molecular weight is 258 g/mol. The molecule has 2 amide bonds. The summed E-state index contributed by atoms with van der Waals surface area (Å²) in [4.78, 5) is 22.6. The molecule has 0 unspecified atom stereocenters. The minimum absolute atomic E-state index is 0.429. The summed E-state index contributed by atoms with van der Waals surface area (Å²) >= 11 is 0. The van der Waals surface area contributed by atoms with E-state index in [-0.39, 0.29) is 0 Å². The lowest BCUT2D eigenvalue weighted by Crippen LogP contribution is -2.53. The molecule has 0 spiro atoms. The van der Waals surface area contributed by atoms with Crippen LogP contribution in [-0.2, 0) is 9.59 Å². The summed E-state index contributed by atoms with van der Waals surface area (Å²) in [7, 11) is 0. The van der Waals surface area contributed by atoms with Gasteiger partial charge in [-0.15, -0.1) is 0 Å². The smallest absolute Gasteiger partial charge is 0.270 e. The number of allylic oxidation sites excluding steroid dienone is 2. The third-order valence-corrected chi connectivity index (χ3v) is 1.63. The van der Waals surface area contributed by atoms with Gasteiger partial charge in [0, 0.05) is 11.4 Å². The number of amides is 2. The van der Waals surface area contributed by atoms with Gasteiger partial charge in [0.2, 0.25) is 0 Å². The van der Waals surface area contributed by atoms with Crippen molar-refractivity contribution in [2.24, 2.45) is 0 Å². The zero-order chi connectivity index (χ0) is 14.3. The molecule has 0 aromatic carbocycles. The number of carbonyl (C=O) groups excluding carboxylic acids is 2. The van der Waals surface area contributed by atoms with Gasteiger partial charge in [0.05, 0.1) is 0 Å². The van der Waals surface area contributed by atoms with E-state index in [1.54, 1.807) is 13.8 Å². The third kappa shape index (κ3) is 5.87. The highest BCUT2D eigenvalue weighted by atomic mass is 16.3. The maximum absolute atomic E-state index is 11.3. The van der Waals surface area contributed by atoms with Crippen LogP contribution in [0.25, 0.3) is 0 Å². The van der Waals surface area contributed by atoms with Crippen molar-refractivity contribution < 1.29 is 19.8 Å². The molecule has 8 heteroatoms. The van der Waals surface area contributed by atoms with E-state index in [4.69, 9.17) is 0 Å². The summed E-state index contributed by atoms with van der Waals surface area (Å²) in [6.45, 7) is 10.0. The number of carbonyl (C=O) groups is 2. The summed E-state index contributed by atoms with van der Waals surface area (Å²) in [5.74, 6) is -1.92. The van der Waals surface area contributed by atoms with Crippen LogP contribution in [0, 0.1) is 0 Å². The molecule has 0 heterocycles. The molecule has 8 nitrogen and oxygen atoms in total. The number of nitrogens with one attached hydrogen (secondary N) is 4. The molecule has 6 N–H and O–H groups in total. The van der Waals surface area contributed by atoms with Crippen LogP contribution in [-0.4, -0.2) is 34.2 Å². The molecule has 0 aliphatic rings. The molecule has 0 aliphatic heterocycles. The van der Waals surface area contributed by atoms with Gasteiger partial charge in [-0.05, 0) is 13.8 Å². The normalized spacial score (nSPS) is 12.9. The van der Waals surface area contributed by atoms with Gasteiger partial charge in [-0.2, -0.15) is 0 Å². The zero-order valence-corrected chi connectivity index (χ0v) is 10.3. The molecule has 18 heavy (non-hydrogen) atoms. The quantitative estimate of drug-likeness (QED) is 0.294. The molecule has 0 rings (SSSR count). The maximum atomic E-state index is 11.3. The predicted molar refractivity (Wildman–Crippen MR) is 64.2 cm³/mol. The number of hydrazine groups is 2. The Morgan fingerprint density at radius 1 is 0.833 bits per heavy atom. The summed E-state index contributed by atoms with van der Waals surface area (Å²) in [6.07, 6.45) is -3.83. The van der Waals surface area contributed by atoms with Gasteiger partial charge < -0.3 is 21.1 Å². The second kappa shape index (κ2) is 7.30. The minimum Gasteiger partial charge on any atom is -0.380 e. The molecule has 0 radical (unpaired) electrons. The van der Waals surface area contributed by atoms with Crippen LogP contribution in [0.5, 0.6) is 0 Å². The Morgan fingerprint density at radius 2 is 1.11 bits per heavy atom. The van der Waals surface area contributed by atoms with Crippen molar-refractivity contribution in [3.05, 3.63) is 24.6 Å². The predicted octanol–water partition coefficient (Wildman–Crippen LogP) is -1.98. The van der Waals surface area contributed by atoms with E-state index in [2.05, 4.69) is 34.9 Å². The first-order chi connectivity index (χ1) is 8.25. The standard InChI is InChI=1S/C10H18N4O4/c1-5(2)11-13-9(17)7(15)8(16)10(18)14-12-6(3)4/h7-8,11-12,15-16H,1,3H2,2,4H3,(H,13,17)(H,14,18)/t7-,8-/m1/s1. The molecule has 0 saturated carbocycles. The van der Waals surface area contributed by atoms with E-state index < -0.39 is 24.0 Å². The van der Waals surface area contributed by atoms with Crippen LogP contribution in [0.3, 0.4) is 0 Å². The van der Waals surface area contributed by atoms with Gasteiger partial charge in [0.25, 0.3) is 11.8 Å². The van der Waals surface area contributed by atoms with Crippen molar-refractivity contribution in [2.45, 2.75) is 26.1 Å². The lowest BCUT2D eigenvalue weighted by atomic mass is 10.2. The highest BCUT2D eigenvalue weighted by molar-refractivity contribution is 5.90. The summed E-state index contributed by atoms with van der Waals surface area (Å²) < 4.78 is 0. The fourth-order valence-corrected chi connectivity index (χ4v) is 0.771. The molecule has 0 fully saturated rings. The highest BCUT2D eigenvalue weighted by Crippen LogP contribution is 1.94. The third-order valence-electron chi connectivity index (χ3n) is 1.63. The lowest BCUT2D eigenvalue weighted by Gasteiger charge is -2.18. The average Bonchev–Trinajstić information content (AvgIpc) is 2.30. The van der Waals surface area contributed by atoms with E-state index in [9.17, 15) is 19.8 Å². The van der Waals surface area contributed by atoms with Crippen LogP contribution < -0.4 is 21.7 Å². The van der Waals surface area contributed by atoms with Crippen LogP contribution >= 0.6 is 0 Å². The number of rotatable bonds is 7. The van der Waals surface area contributed by atoms with E-state index in [0.717, 1.165) is 0 Å². The van der Waals surface area contributed by atoms with Crippen molar-refractivity contribution in [1.82, 2.24) is 21.7 Å². The van der Waals surface area contributed by atoms with Crippen LogP contribution in [0.15, 0.2) is 24.6 Å². The Hall–Kier alpha value is -2.06. The van der Waals surface area contributed by atoms with Gasteiger partial charge in [0.15, 0.2) is 12.2 Å². The fourth-order valence-electron chi connectivity index (χ4n) is 0.771. The van der Waals surface area contributed by atoms with Crippen LogP contribution in [0.2, 0.25) is 0 Å². The summed E-state index contributed by atoms with van der Waals surface area (Å²) in [6, 6.07) is 0. The fraction of sp³-hybridized carbons (Fsp3) is 0.400. The van der Waals surface area contributed by atoms with Gasteiger partial charge >= 0.3 is 0 Å². The van der Waals surface area contributed by atoms with E-state index in [1.165, 1.54) is 0 Å². The molecule has 0 saturated heterocycles. The summed E-state index contributed by atoms with van der Waals surface area (Å²) in [5.41, 5.74) is 9.68. The molecule has 102 valence electrons. The first-order valence-electron chi connectivity index (χ1n) is 5.04. The number of hydrogen-bond acceptors (Lipinski definition) is 6. The second-order valence-electron chi connectivity index (χ2n) is 3.68. The van der Waals surface area contributed by atoms with Crippen molar-refractivity contribution in [3.8, 4) is 0 Å². The van der Waals surface area contributed by atoms with Crippen LogP contribution in [0.4, 0.5) is 0 Å². The van der Waals surface area contributed by atoms with E-state index in [1.807, 2.05) is 0 Å². The Labute approximate surface area is 105 Å². The molecular formula is C10H18N4O4. The number of hydrogen-bond donors (Lipinski definition) is 6.